The smallest absolute Gasteiger partial charge is 0.0578 e. The van der Waals surface area contributed by atoms with Gasteiger partial charge in [0.2, 0.25) is 0 Å². The third-order valence-corrected chi connectivity index (χ3v) is 9.65. The Labute approximate surface area is 173 Å². The third-order valence-electron chi connectivity index (χ3n) is 9.65. The molecule has 4 rings (SSSR count). The first-order chi connectivity index (χ1) is 13.3. The standard InChI is InChI=1S/C27H42O/c1-18(2)19(3)7-6-8-20-10-12-24-23-11-9-21-17-22(28)13-15-27(21,5)25(23)14-16-26(20,24)4/h6-7,9,11,18-20,22,24-25,28H,8,10,12-17H2,1-5H3/b7-6+. The normalized spacial score (nSPS) is 44.0. The van der Waals surface area contributed by atoms with E-state index in [0.29, 0.717) is 16.7 Å². The molecule has 28 heavy (non-hydrogen) atoms. The molecular formula is C27H42O. The molecule has 7 unspecified atom stereocenters. The SMILES string of the molecule is CC(C)C(C)/C=C/CC1CCC2C3=CC=C4CC(O)CCC4(C)C3CCC12C. The quantitative estimate of drug-likeness (QED) is 0.515. The Morgan fingerprint density at radius 2 is 1.82 bits per heavy atom. The molecule has 0 aromatic rings. The molecule has 0 saturated heterocycles. The van der Waals surface area contributed by atoms with Crippen LogP contribution in [0.3, 0.4) is 0 Å². The van der Waals surface area contributed by atoms with Crippen LogP contribution in [-0.2, 0) is 0 Å². The van der Waals surface area contributed by atoms with Crippen LogP contribution >= 0.6 is 0 Å². The maximum absolute atomic E-state index is 10.2. The molecule has 0 radical (unpaired) electrons. The average Bonchev–Trinajstić information content (AvgIpc) is 2.99. The fraction of sp³-hybridized carbons (Fsp3) is 0.778. The molecule has 0 spiro atoms. The second-order valence-electron chi connectivity index (χ2n) is 11.4. The average molecular weight is 383 g/mol. The third kappa shape index (κ3) is 3.26. The maximum Gasteiger partial charge on any atom is 0.0578 e. The van der Waals surface area contributed by atoms with Crippen molar-refractivity contribution in [3.05, 3.63) is 35.5 Å². The van der Waals surface area contributed by atoms with Crippen LogP contribution < -0.4 is 0 Å². The van der Waals surface area contributed by atoms with Gasteiger partial charge in [0.25, 0.3) is 0 Å². The molecule has 3 saturated carbocycles. The molecule has 0 aliphatic heterocycles. The highest BCUT2D eigenvalue weighted by molar-refractivity contribution is 5.38. The summed E-state index contributed by atoms with van der Waals surface area (Å²) in [4.78, 5) is 0. The zero-order valence-corrected chi connectivity index (χ0v) is 18.9. The molecule has 0 heterocycles. The lowest BCUT2D eigenvalue weighted by Crippen LogP contribution is -2.45. The van der Waals surface area contributed by atoms with Gasteiger partial charge in [-0.15, -0.1) is 0 Å². The van der Waals surface area contributed by atoms with Gasteiger partial charge in [0.05, 0.1) is 6.10 Å². The molecular weight excluding hydrogens is 340 g/mol. The van der Waals surface area contributed by atoms with Crippen molar-refractivity contribution in [1.82, 2.24) is 0 Å². The minimum absolute atomic E-state index is 0.112. The summed E-state index contributed by atoms with van der Waals surface area (Å²) in [5, 5.41) is 10.2. The van der Waals surface area contributed by atoms with Gasteiger partial charge in [-0.2, -0.15) is 0 Å². The number of hydrogen-bond acceptors (Lipinski definition) is 1. The van der Waals surface area contributed by atoms with Crippen molar-refractivity contribution in [3.8, 4) is 0 Å². The van der Waals surface area contributed by atoms with Crippen molar-refractivity contribution in [3.63, 3.8) is 0 Å². The van der Waals surface area contributed by atoms with E-state index in [0.717, 1.165) is 36.5 Å². The summed E-state index contributed by atoms with van der Waals surface area (Å²) in [5.74, 6) is 3.79. The van der Waals surface area contributed by atoms with Gasteiger partial charge in [-0.3, -0.25) is 0 Å². The van der Waals surface area contributed by atoms with E-state index in [2.05, 4.69) is 58.9 Å². The largest absolute Gasteiger partial charge is 0.393 e. The van der Waals surface area contributed by atoms with Gasteiger partial charge in [0, 0.05) is 0 Å². The number of fused-ring (bicyclic) bond motifs is 5. The van der Waals surface area contributed by atoms with E-state index in [-0.39, 0.29) is 6.10 Å². The fourth-order valence-corrected chi connectivity index (χ4v) is 7.16. The zero-order valence-electron chi connectivity index (χ0n) is 18.9. The van der Waals surface area contributed by atoms with E-state index in [1.807, 2.05) is 0 Å². The van der Waals surface area contributed by atoms with E-state index in [1.54, 1.807) is 5.57 Å². The van der Waals surface area contributed by atoms with Crippen LogP contribution in [0.15, 0.2) is 35.5 Å². The molecule has 7 atom stereocenters. The van der Waals surface area contributed by atoms with Crippen LogP contribution in [-0.4, -0.2) is 11.2 Å². The van der Waals surface area contributed by atoms with Gasteiger partial charge in [0.15, 0.2) is 0 Å². The summed E-state index contributed by atoms with van der Waals surface area (Å²) in [6, 6.07) is 0. The number of aliphatic hydroxyl groups is 1. The van der Waals surface area contributed by atoms with E-state index < -0.39 is 0 Å². The number of hydrogen-bond donors (Lipinski definition) is 1. The molecule has 1 N–H and O–H groups in total. The number of aliphatic hydroxyl groups excluding tert-OH is 1. The fourth-order valence-electron chi connectivity index (χ4n) is 7.16. The van der Waals surface area contributed by atoms with Crippen molar-refractivity contribution < 1.29 is 5.11 Å². The molecule has 1 nitrogen and oxygen atoms in total. The monoisotopic (exact) mass is 382 g/mol. The maximum atomic E-state index is 10.2. The predicted molar refractivity (Wildman–Crippen MR) is 119 cm³/mol. The van der Waals surface area contributed by atoms with Gasteiger partial charge in [0.1, 0.15) is 0 Å². The van der Waals surface area contributed by atoms with Gasteiger partial charge in [-0.05, 0) is 91.8 Å². The Morgan fingerprint density at radius 3 is 2.57 bits per heavy atom. The second kappa shape index (κ2) is 7.46. The molecule has 0 bridgehead atoms. The molecule has 4 aliphatic rings. The minimum atomic E-state index is -0.112. The van der Waals surface area contributed by atoms with Crippen molar-refractivity contribution in [2.45, 2.75) is 92.1 Å². The van der Waals surface area contributed by atoms with E-state index in [9.17, 15) is 5.11 Å². The molecule has 0 amide bonds. The first-order valence-corrected chi connectivity index (χ1v) is 12.0. The Morgan fingerprint density at radius 1 is 1.04 bits per heavy atom. The van der Waals surface area contributed by atoms with Crippen LogP contribution in [0.1, 0.15) is 86.0 Å². The minimum Gasteiger partial charge on any atom is -0.393 e. The molecule has 0 aromatic carbocycles. The summed E-state index contributed by atoms with van der Waals surface area (Å²) < 4.78 is 0. The van der Waals surface area contributed by atoms with Gasteiger partial charge in [-0.1, -0.05) is 70.1 Å². The van der Waals surface area contributed by atoms with Crippen LogP contribution in [0.2, 0.25) is 0 Å². The summed E-state index contributed by atoms with van der Waals surface area (Å²) in [5.41, 5.74) is 4.11. The summed E-state index contributed by atoms with van der Waals surface area (Å²) in [6.45, 7) is 12.1. The topological polar surface area (TPSA) is 20.2 Å². The van der Waals surface area contributed by atoms with Gasteiger partial charge in [-0.25, -0.2) is 0 Å². The lowest BCUT2D eigenvalue weighted by Gasteiger charge is -2.54. The number of rotatable bonds is 4. The van der Waals surface area contributed by atoms with Crippen molar-refractivity contribution in [2.24, 2.45) is 40.4 Å². The Hall–Kier alpha value is -0.820. The van der Waals surface area contributed by atoms with Gasteiger partial charge < -0.3 is 5.11 Å². The first-order valence-electron chi connectivity index (χ1n) is 12.0. The van der Waals surface area contributed by atoms with Gasteiger partial charge >= 0.3 is 0 Å². The van der Waals surface area contributed by atoms with Crippen LogP contribution in [0.5, 0.6) is 0 Å². The number of allylic oxidation sites excluding steroid dienone is 5. The summed E-state index contributed by atoms with van der Waals surface area (Å²) in [6.07, 6.45) is 19.6. The first kappa shape index (κ1) is 20.5. The predicted octanol–water partition coefficient (Wildman–Crippen LogP) is 7.08. The van der Waals surface area contributed by atoms with E-state index in [1.165, 1.54) is 44.1 Å². The highest BCUT2D eigenvalue weighted by Gasteiger charge is 2.55. The molecule has 3 fully saturated rings. The van der Waals surface area contributed by atoms with Crippen LogP contribution in [0.25, 0.3) is 0 Å². The molecule has 0 aromatic heterocycles. The Balaban J connectivity index is 1.53. The summed E-state index contributed by atoms with van der Waals surface area (Å²) >= 11 is 0. The lowest BCUT2D eigenvalue weighted by molar-refractivity contribution is 0.0453. The highest BCUT2D eigenvalue weighted by atomic mass is 16.3. The van der Waals surface area contributed by atoms with E-state index >= 15 is 0 Å². The second-order valence-corrected chi connectivity index (χ2v) is 11.4. The molecule has 4 aliphatic carbocycles. The van der Waals surface area contributed by atoms with Crippen molar-refractivity contribution in [1.29, 1.82) is 0 Å². The zero-order chi connectivity index (χ0) is 20.1. The van der Waals surface area contributed by atoms with Crippen LogP contribution in [0.4, 0.5) is 0 Å². The highest BCUT2D eigenvalue weighted by Crippen LogP contribution is 2.65. The Bertz CT molecular complexity index is 682. The van der Waals surface area contributed by atoms with E-state index in [4.69, 9.17) is 0 Å². The van der Waals surface area contributed by atoms with Crippen LogP contribution in [0, 0.1) is 40.4 Å². The molecule has 156 valence electrons. The van der Waals surface area contributed by atoms with Crippen molar-refractivity contribution in [2.75, 3.05) is 0 Å². The lowest BCUT2D eigenvalue weighted by atomic mass is 9.50. The summed E-state index contributed by atoms with van der Waals surface area (Å²) in [7, 11) is 0. The molecule has 1 heteroatoms. The van der Waals surface area contributed by atoms with Crippen molar-refractivity contribution >= 4 is 0 Å². The Kier molecular flexibility index (Phi) is 5.45.